The van der Waals surface area contributed by atoms with E-state index in [1.54, 1.807) is 12.1 Å². The fraction of sp³-hybridized carbons (Fsp3) is 0.375. The summed E-state index contributed by atoms with van der Waals surface area (Å²) in [6, 6.07) is 3.53. The molecule has 2 rings (SSSR count). The van der Waals surface area contributed by atoms with E-state index in [0.717, 1.165) is 23.3 Å². The van der Waals surface area contributed by atoms with Crippen LogP contribution in [0.4, 0.5) is 0 Å². The van der Waals surface area contributed by atoms with Crippen LogP contribution in [0.3, 0.4) is 0 Å². The van der Waals surface area contributed by atoms with E-state index >= 15 is 0 Å². The van der Waals surface area contributed by atoms with Crippen molar-refractivity contribution in [3.8, 4) is 11.5 Å². The van der Waals surface area contributed by atoms with Crippen LogP contribution in [-0.2, 0) is 6.42 Å². The van der Waals surface area contributed by atoms with Gasteiger partial charge in [0.2, 0.25) is 0 Å². The molecule has 0 aromatic heterocycles. The fourth-order valence-electron chi connectivity index (χ4n) is 2.00. The predicted octanol–water partition coefficient (Wildman–Crippen LogP) is 4.09. The zero-order chi connectivity index (χ0) is 13.3. The average Bonchev–Trinajstić information content (AvgIpc) is 2.26. The minimum atomic E-state index is -0.288. The molecule has 0 bridgehead atoms. The van der Waals surface area contributed by atoms with Gasteiger partial charge in [-0.1, -0.05) is 17.7 Å². The van der Waals surface area contributed by atoms with Gasteiger partial charge in [-0.3, -0.25) is 0 Å². The number of fused-ring (bicyclic) bond motifs is 1. The Labute approximate surface area is 109 Å². The van der Waals surface area contributed by atoms with Crippen molar-refractivity contribution in [1.82, 2.24) is 0 Å². The minimum Gasteiger partial charge on any atom is -0.508 e. The molecule has 18 heavy (non-hydrogen) atoms. The molecule has 0 amide bonds. The third kappa shape index (κ3) is 2.76. The second-order valence-corrected chi connectivity index (χ2v) is 5.55. The minimum absolute atomic E-state index is 0.288. The lowest BCUT2D eigenvalue weighted by atomic mass is 9.98. The Balaban J connectivity index is 2.45. The van der Waals surface area contributed by atoms with Gasteiger partial charge in [-0.25, -0.2) is 0 Å². The molecule has 0 aliphatic carbocycles. The van der Waals surface area contributed by atoms with Crippen molar-refractivity contribution in [2.45, 2.75) is 39.7 Å². The first-order chi connectivity index (χ1) is 8.37. The Morgan fingerprint density at radius 1 is 1.33 bits per heavy atom. The average molecular weight is 244 g/mol. The van der Waals surface area contributed by atoms with Crippen molar-refractivity contribution in [2.24, 2.45) is 0 Å². The summed E-state index contributed by atoms with van der Waals surface area (Å²) in [4.78, 5) is 0. The highest BCUT2D eigenvalue weighted by Gasteiger charge is 2.24. The molecule has 0 saturated heterocycles. The lowest BCUT2D eigenvalue weighted by Crippen LogP contribution is -2.28. The van der Waals surface area contributed by atoms with Crippen LogP contribution in [0.15, 0.2) is 29.9 Å². The second-order valence-electron chi connectivity index (χ2n) is 5.55. The van der Waals surface area contributed by atoms with Gasteiger partial charge in [0.1, 0.15) is 17.1 Å². The highest BCUT2D eigenvalue weighted by molar-refractivity contribution is 5.65. The van der Waals surface area contributed by atoms with Crippen LogP contribution >= 0.6 is 0 Å². The van der Waals surface area contributed by atoms with Gasteiger partial charge in [-0.05, 0) is 52.3 Å². The molecule has 1 aromatic carbocycles. The summed E-state index contributed by atoms with van der Waals surface area (Å²) in [6.07, 6.45) is 6.96. The summed E-state index contributed by atoms with van der Waals surface area (Å²) >= 11 is 0. The van der Waals surface area contributed by atoms with E-state index in [4.69, 9.17) is 4.74 Å². The number of aromatic hydroxyl groups is 1. The smallest absolute Gasteiger partial charge is 0.131 e. The summed E-state index contributed by atoms with van der Waals surface area (Å²) in [7, 11) is 0. The lowest BCUT2D eigenvalue weighted by molar-refractivity contribution is 0.157. The zero-order valence-electron chi connectivity index (χ0n) is 11.4. The molecule has 2 nitrogen and oxygen atoms in total. The van der Waals surface area contributed by atoms with Crippen molar-refractivity contribution in [3.63, 3.8) is 0 Å². The van der Waals surface area contributed by atoms with Gasteiger partial charge in [0, 0.05) is 11.1 Å². The van der Waals surface area contributed by atoms with Crippen LogP contribution in [0.5, 0.6) is 11.5 Å². The van der Waals surface area contributed by atoms with E-state index in [0.29, 0.717) is 5.75 Å². The third-order valence-electron chi connectivity index (χ3n) is 2.94. The van der Waals surface area contributed by atoms with Crippen molar-refractivity contribution >= 4 is 6.08 Å². The Morgan fingerprint density at radius 3 is 2.72 bits per heavy atom. The Bertz CT molecular complexity index is 518. The molecule has 2 heteroatoms. The van der Waals surface area contributed by atoms with Crippen LogP contribution in [0.2, 0.25) is 0 Å². The molecule has 0 atom stereocenters. The van der Waals surface area contributed by atoms with Gasteiger partial charge in [0.25, 0.3) is 0 Å². The summed E-state index contributed by atoms with van der Waals surface area (Å²) in [5.74, 6) is 1.18. The number of hydrogen-bond donors (Lipinski definition) is 1. The van der Waals surface area contributed by atoms with Crippen LogP contribution in [-0.4, -0.2) is 10.7 Å². The molecular formula is C16H20O2. The summed E-state index contributed by atoms with van der Waals surface area (Å²) in [5, 5.41) is 9.75. The largest absolute Gasteiger partial charge is 0.508 e. The molecule has 0 radical (unpaired) electrons. The highest BCUT2D eigenvalue weighted by Crippen LogP contribution is 2.37. The van der Waals surface area contributed by atoms with Crippen molar-refractivity contribution in [1.29, 1.82) is 0 Å². The first kappa shape index (κ1) is 12.7. The molecule has 1 heterocycles. The lowest BCUT2D eigenvalue weighted by Gasteiger charge is -2.29. The van der Waals surface area contributed by atoms with Gasteiger partial charge >= 0.3 is 0 Å². The van der Waals surface area contributed by atoms with Crippen LogP contribution < -0.4 is 4.74 Å². The molecule has 1 aliphatic rings. The monoisotopic (exact) mass is 244 g/mol. The van der Waals surface area contributed by atoms with Crippen molar-refractivity contribution in [2.75, 3.05) is 0 Å². The molecule has 0 spiro atoms. The fourth-order valence-corrected chi connectivity index (χ4v) is 2.00. The Morgan fingerprint density at radius 2 is 2.06 bits per heavy atom. The van der Waals surface area contributed by atoms with Crippen LogP contribution in [0.1, 0.15) is 38.8 Å². The molecule has 1 N–H and O–H groups in total. The topological polar surface area (TPSA) is 29.5 Å². The maximum atomic E-state index is 9.75. The molecular weight excluding hydrogens is 224 g/mol. The number of benzene rings is 1. The molecule has 1 aliphatic heterocycles. The number of hydrogen-bond acceptors (Lipinski definition) is 2. The number of rotatable bonds is 2. The maximum absolute atomic E-state index is 9.75. The highest BCUT2D eigenvalue weighted by atomic mass is 16.5. The standard InChI is InChI=1S/C16H20O2/c1-11(2)5-6-12-9-14(17)10-13-7-8-16(3,4)18-15(12)13/h5,7-10,17H,6H2,1-4H3. The summed E-state index contributed by atoms with van der Waals surface area (Å²) < 4.78 is 6.01. The number of ether oxygens (including phenoxy) is 1. The van der Waals surface area contributed by atoms with E-state index in [2.05, 4.69) is 19.9 Å². The van der Waals surface area contributed by atoms with Gasteiger partial charge in [-0.15, -0.1) is 0 Å². The summed E-state index contributed by atoms with van der Waals surface area (Å²) in [5.41, 5.74) is 2.96. The number of allylic oxidation sites excluding steroid dienone is 2. The number of phenols is 1. The van der Waals surface area contributed by atoms with Gasteiger partial charge in [-0.2, -0.15) is 0 Å². The van der Waals surface area contributed by atoms with Gasteiger partial charge < -0.3 is 9.84 Å². The molecule has 96 valence electrons. The van der Waals surface area contributed by atoms with Crippen LogP contribution in [0, 0.1) is 0 Å². The van der Waals surface area contributed by atoms with E-state index in [1.165, 1.54) is 5.57 Å². The van der Waals surface area contributed by atoms with Crippen molar-refractivity contribution in [3.05, 3.63) is 41.0 Å². The maximum Gasteiger partial charge on any atom is 0.131 e. The molecule has 1 aromatic rings. The van der Waals surface area contributed by atoms with Crippen molar-refractivity contribution < 1.29 is 9.84 Å². The van der Waals surface area contributed by atoms with E-state index in [-0.39, 0.29) is 5.60 Å². The molecule has 0 saturated carbocycles. The van der Waals surface area contributed by atoms with Gasteiger partial charge in [0.15, 0.2) is 0 Å². The molecule has 0 fully saturated rings. The van der Waals surface area contributed by atoms with Crippen LogP contribution in [0.25, 0.3) is 6.08 Å². The SMILES string of the molecule is CC(C)=CCc1cc(O)cc2c1OC(C)(C)C=C2. The Kier molecular flexibility index (Phi) is 3.20. The normalized spacial score (nSPS) is 15.8. The summed E-state index contributed by atoms with van der Waals surface area (Å²) in [6.45, 7) is 8.20. The van der Waals surface area contributed by atoms with E-state index in [1.807, 2.05) is 26.0 Å². The first-order valence-corrected chi connectivity index (χ1v) is 6.25. The third-order valence-corrected chi connectivity index (χ3v) is 2.94. The zero-order valence-corrected chi connectivity index (χ0v) is 11.4. The molecule has 0 unspecified atom stereocenters. The second kappa shape index (κ2) is 4.52. The Hall–Kier alpha value is -1.70. The van der Waals surface area contributed by atoms with E-state index in [9.17, 15) is 5.11 Å². The van der Waals surface area contributed by atoms with E-state index < -0.39 is 0 Å². The number of phenolic OH excluding ortho intramolecular Hbond substituents is 1. The van der Waals surface area contributed by atoms with Gasteiger partial charge in [0.05, 0.1) is 0 Å². The quantitative estimate of drug-likeness (QED) is 0.794. The predicted molar refractivity (Wildman–Crippen MR) is 75.0 cm³/mol. The first-order valence-electron chi connectivity index (χ1n) is 6.25.